The molecule has 0 heterocycles. The molecule has 68 valence electrons. The monoisotopic (exact) mass is 173 g/mol. The minimum absolute atomic E-state index is 0.660. The average Bonchev–Trinajstić information content (AvgIpc) is 2.13. The smallest absolute Gasteiger partial charge is 0.0621 e. The summed E-state index contributed by atoms with van der Waals surface area (Å²) in [6.45, 7) is 4.28. The Kier molecular flexibility index (Phi) is 3.52. The van der Waals surface area contributed by atoms with Crippen molar-refractivity contribution in [1.82, 2.24) is 0 Å². The zero-order valence-corrected chi connectivity index (χ0v) is 8.30. The molecule has 0 spiro atoms. The summed E-state index contributed by atoms with van der Waals surface area (Å²) in [5.74, 6) is 0. The van der Waals surface area contributed by atoms with Crippen LogP contribution in [0.25, 0.3) is 0 Å². The Morgan fingerprint density at radius 1 is 1.31 bits per heavy atom. The molecule has 0 radical (unpaired) electrons. The van der Waals surface area contributed by atoms with E-state index in [4.69, 9.17) is 5.26 Å². The molecule has 0 saturated carbocycles. The van der Waals surface area contributed by atoms with Crippen molar-refractivity contribution in [3.8, 4) is 6.07 Å². The van der Waals surface area contributed by atoms with Crippen LogP contribution in [0.3, 0.4) is 0 Å². The summed E-state index contributed by atoms with van der Waals surface area (Å²) in [6, 6.07) is 8.54. The number of benzene rings is 1. The van der Waals surface area contributed by atoms with Gasteiger partial charge in [0, 0.05) is 6.42 Å². The largest absolute Gasteiger partial charge is 0.198 e. The molecule has 0 atom stereocenters. The van der Waals surface area contributed by atoms with Crippen molar-refractivity contribution >= 4 is 0 Å². The highest BCUT2D eigenvalue weighted by Gasteiger charge is 1.99. The van der Waals surface area contributed by atoms with Gasteiger partial charge in [-0.25, -0.2) is 0 Å². The van der Waals surface area contributed by atoms with Crippen LogP contribution in [0, 0.1) is 25.2 Å². The molecular formula is C12H15N. The van der Waals surface area contributed by atoms with Crippen molar-refractivity contribution in [3.63, 3.8) is 0 Å². The van der Waals surface area contributed by atoms with E-state index in [9.17, 15) is 0 Å². The summed E-state index contributed by atoms with van der Waals surface area (Å²) in [5.41, 5.74) is 4.10. The lowest BCUT2D eigenvalue weighted by Crippen LogP contribution is -1.91. The Hall–Kier alpha value is -1.29. The minimum atomic E-state index is 0.660. The van der Waals surface area contributed by atoms with Gasteiger partial charge in [-0.1, -0.05) is 18.2 Å². The standard InChI is InChI=1S/C12H15N/c1-10-6-5-8-12(11(10)2)7-3-4-9-13/h5-6,8H,3-4,7H2,1-2H3. The highest BCUT2D eigenvalue weighted by atomic mass is 14.2. The van der Waals surface area contributed by atoms with Gasteiger partial charge >= 0.3 is 0 Å². The molecular weight excluding hydrogens is 158 g/mol. The zero-order valence-electron chi connectivity index (χ0n) is 8.30. The second-order valence-corrected chi connectivity index (χ2v) is 3.37. The second-order valence-electron chi connectivity index (χ2n) is 3.37. The lowest BCUT2D eigenvalue weighted by atomic mass is 9.99. The fraction of sp³-hybridized carbons (Fsp3) is 0.417. The molecule has 0 bridgehead atoms. The van der Waals surface area contributed by atoms with Crippen molar-refractivity contribution in [2.24, 2.45) is 0 Å². The summed E-state index contributed by atoms with van der Waals surface area (Å²) in [5, 5.41) is 8.42. The summed E-state index contributed by atoms with van der Waals surface area (Å²) < 4.78 is 0. The van der Waals surface area contributed by atoms with E-state index < -0.39 is 0 Å². The van der Waals surface area contributed by atoms with E-state index in [1.165, 1.54) is 16.7 Å². The minimum Gasteiger partial charge on any atom is -0.198 e. The quantitative estimate of drug-likeness (QED) is 0.644. The molecule has 0 fully saturated rings. The number of nitrogens with zero attached hydrogens (tertiary/aromatic N) is 1. The van der Waals surface area contributed by atoms with Crippen molar-refractivity contribution in [2.45, 2.75) is 33.1 Å². The molecule has 0 aromatic heterocycles. The Balaban J connectivity index is 2.67. The van der Waals surface area contributed by atoms with Crippen LogP contribution in [0.15, 0.2) is 18.2 Å². The highest BCUT2D eigenvalue weighted by molar-refractivity contribution is 5.33. The molecule has 13 heavy (non-hydrogen) atoms. The van der Waals surface area contributed by atoms with Crippen LogP contribution in [0.5, 0.6) is 0 Å². The molecule has 1 aromatic rings. The number of aryl methyl sites for hydroxylation is 2. The molecule has 0 amide bonds. The van der Waals surface area contributed by atoms with Crippen LogP contribution in [-0.4, -0.2) is 0 Å². The van der Waals surface area contributed by atoms with Gasteiger partial charge in [-0.3, -0.25) is 0 Å². The maximum Gasteiger partial charge on any atom is 0.0621 e. The summed E-state index contributed by atoms with van der Waals surface area (Å²) in [7, 11) is 0. The third-order valence-electron chi connectivity index (χ3n) is 2.45. The summed E-state index contributed by atoms with van der Waals surface area (Å²) in [4.78, 5) is 0. The Bertz CT molecular complexity index is 320. The second kappa shape index (κ2) is 4.67. The maximum absolute atomic E-state index is 8.42. The van der Waals surface area contributed by atoms with E-state index >= 15 is 0 Å². The molecule has 0 aliphatic carbocycles. The van der Waals surface area contributed by atoms with Gasteiger partial charge in [0.15, 0.2) is 0 Å². The predicted molar refractivity (Wildman–Crippen MR) is 54.5 cm³/mol. The molecule has 0 unspecified atom stereocenters. The van der Waals surface area contributed by atoms with Crippen LogP contribution < -0.4 is 0 Å². The third-order valence-corrected chi connectivity index (χ3v) is 2.45. The third kappa shape index (κ3) is 2.59. The van der Waals surface area contributed by atoms with E-state index in [0.717, 1.165) is 12.8 Å². The van der Waals surface area contributed by atoms with Gasteiger partial charge < -0.3 is 0 Å². The van der Waals surface area contributed by atoms with Gasteiger partial charge in [-0.2, -0.15) is 5.26 Å². The molecule has 0 aliphatic rings. The van der Waals surface area contributed by atoms with E-state index in [-0.39, 0.29) is 0 Å². The fourth-order valence-corrected chi connectivity index (χ4v) is 1.44. The average molecular weight is 173 g/mol. The van der Waals surface area contributed by atoms with E-state index in [2.05, 4.69) is 38.1 Å². The van der Waals surface area contributed by atoms with Gasteiger partial charge in [0.1, 0.15) is 0 Å². The Morgan fingerprint density at radius 3 is 2.77 bits per heavy atom. The first-order valence-electron chi connectivity index (χ1n) is 4.67. The molecule has 1 nitrogen and oxygen atoms in total. The van der Waals surface area contributed by atoms with Gasteiger partial charge in [0.2, 0.25) is 0 Å². The summed E-state index contributed by atoms with van der Waals surface area (Å²) in [6.07, 6.45) is 2.66. The number of unbranched alkanes of at least 4 members (excludes halogenated alkanes) is 1. The molecule has 1 heteroatoms. The number of hydrogen-bond donors (Lipinski definition) is 0. The fourth-order valence-electron chi connectivity index (χ4n) is 1.44. The molecule has 1 rings (SSSR count). The van der Waals surface area contributed by atoms with Crippen LogP contribution in [-0.2, 0) is 6.42 Å². The zero-order chi connectivity index (χ0) is 9.68. The predicted octanol–water partition coefficient (Wildman–Crippen LogP) is 3.15. The van der Waals surface area contributed by atoms with E-state index in [0.29, 0.717) is 6.42 Å². The topological polar surface area (TPSA) is 23.8 Å². The van der Waals surface area contributed by atoms with Crippen molar-refractivity contribution in [3.05, 3.63) is 34.9 Å². The van der Waals surface area contributed by atoms with Gasteiger partial charge in [0.25, 0.3) is 0 Å². The summed E-state index contributed by atoms with van der Waals surface area (Å²) >= 11 is 0. The van der Waals surface area contributed by atoms with Crippen molar-refractivity contribution in [2.75, 3.05) is 0 Å². The first kappa shape index (κ1) is 9.80. The van der Waals surface area contributed by atoms with Crippen LogP contribution in [0.2, 0.25) is 0 Å². The van der Waals surface area contributed by atoms with Crippen LogP contribution in [0.4, 0.5) is 0 Å². The molecule has 0 saturated heterocycles. The Morgan fingerprint density at radius 2 is 2.08 bits per heavy atom. The highest BCUT2D eigenvalue weighted by Crippen LogP contribution is 2.14. The van der Waals surface area contributed by atoms with Gasteiger partial charge in [0.05, 0.1) is 6.07 Å². The van der Waals surface area contributed by atoms with Crippen molar-refractivity contribution < 1.29 is 0 Å². The molecule has 1 aromatic carbocycles. The first-order valence-corrected chi connectivity index (χ1v) is 4.67. The normalized spacial score (nSPS) is 9.62. The molecule has 0 N–H and O–H groups in total. The van der Waals surface area contributed by atoms with Gasteiger partial charge in [-0.15, -0.1) is 0 Å². The van der Waals surface area contributed by atoms with Gasteiger partial charge in [-0.05, 0) is 43.4 Å². The maximum atomic E-state index is 8.42. The SMILES string of the molecule is Cc1cccc(CCCC#N)c1C. The van der Waals surface area contributed by atoms with E-state index in [1.807, 2.05) is 0 Å². The Labute approximate surface area is 80.0 Å². The van der Waals surface area contributed by atoms with E-state index in [1.54, 1.807) is 0 Å². The number of nitriles is 1. The lowest BCUT2D eigenvalue weighted by Gasteiger charge is -2.06. The first-order chi connectivity index (χ1) is 6.25. The van der Waals surface area contributed by atoms with Crippen LogP contribution in [0.1, 0.15) is 29.5 Å². The number of rotatable bonds is 3. The van der Waals surface area contributed by atoms with Crippen LogP contribution >= 0.6 is 0 Å². The molecule has 0 aliphatic heterocycles. The lowest BCUT2D eigenvalue weighted by molar-refractivity contribution is 0.843. The number of hydrogen-bond acceptors (Lipinski definition) is 1. The van der Waals surface area contributed by atoms with Crippen molar-refractivity contribution in [1.29, 1.82) is 5.26 Å².